The van der Waals surface area contributed by atoms with Crippen molar-refractivity contribution in [1.29, 1.82) is 0 Å². The number of carbonyl (C=O) groups is 1. The van der Waals surface area contributed by atoms with Crippen molar-refractivity contribution in [2.75, 3.05) is 33.9 Å². The van der Waals surface area contributed by atoms with Crippen molar-refractivity contribution in [2.24, 2.45) is 17.0 Å². The monoisotopic (exact) mass is 350 g/mol. The van der Waals surface area contributed by atoms with Gasteiger partial charge in [-0.2, -0.15) is 0 Å². The van der Waals surface area contributed by atoms with Crippen LogP contribution in [0.2, 0.25) is 0 Å². The van der Waals surface area contributed by atoms with E-state index in [9.17, 15) is 4.79 Å². The molecule has 0 saturated carbocycles. The molecule has 0 aromatic heterocycles. The predicted octanol–water partition coefficient (Wildman–Crippen LogP) is 3.19. The molecule has 6 heteroatoms. The van der Waals surface area contributed by atoms with Gasteiger partial charge in [-0.1, -0.05) is 38.9 Å². The number of benzene rings is 1. The molecular weight excluding hydrogens is 320 g/mol. The number of hydrogen-bond donors (Lipinski definition) is 0. The van der Waals surface area contributed by atoms with Crippen molar-refractivity contribution in [2.45, 2.75) is 27.7 Å². The fraction of sp³-hybridized carbons (Fsp3) is 0.579. The highest BCUT2D eigenvalue weighted by Gasteiger charge is 2.16. The Balaban J connectivity index is 2.66. The van der Waals surface area contributed by atoms with Crippen molar-refractivity contribution >= 4 is 12.1 Å². The minimum absolute atomic E-state index is 0.0582. The van der Waals surface area contributed by atoms with Gasteiger partial charge >= 0.3 is 0 Å². The number of methoxy groups -OCH3 is 2. The molecule has 1 amide bonds. The first kappa shape index (κ1) is 20.8. The lowest BCUT2D eigenvalue weighted by molar-refractivity contribution is -0.137. The number of ether oxygens (including phenoxy) is 2. The SMILES string of the molecule is COc1cccc(/C=N/OCC(=O)N(CC(C)C)CC(C)C)c1OC. The summed E-state index contributed by atoms with van der Waals surface area (Å²) in [6, 6.07) is 5.47. The Hall–Kier alpha value is -2.24. The van der Waals surface area contributed by atoms with Crippen molar-refractivity contribution < 1.29 is 19.1 Å². The van der Waals surface area contributed by atoms with Gasteiger partial charge in [0.1, 0.15) is 0 Å². The van der Waals surface area contributed by atoms with Gasteiger partial charge in [-0.3, -0.25) is 4.79 Å². The average Bonchev–Trinajstić information content (AvgIpc) is 2.56. The van der Waals surface area contributed by atoms with Crippen LogP contribution in [0.25, 0.3) is 0 Å². The van der Waals surface area contributed by atoms with Gasteiger partial charge in [0.15, 0.2) is 18.1 Å². The molecular formula is C19H30N2O4. The second kappa shape index (κ2) is 10.6. The summed E-state index contributed by atoms with van der Waals surface area (Å²) < 4.78 is 10.6. The Morgan fingerprint density at radius 2 is 1.76 bits per heavy atom. The average molecular weight is 350 g/mol. The summed E-state index contributed by atoms with van der Waals surface area (Å²) >= 11 is 0. The molecule has 6 nitrogen and oxygen atoms in total. The van der Waals surface area contributed by atoms with Gasteiger partial charge in [0.2, 0.25) is 0 Å². The van der Waals surface area contributed by atoms with Gasteiger partial charge in [-0.15, -0.1) is 0 Å². The fourth-order valence-corrected chi connectivity index (χ4v) is 2.45. The molecule has 1 aromatic carbocycles. The number of rotatable bonds is 10. The Kier molecular flexibility index (Phi) is 8.81. The highest BCUT2D eigenvalue weighted by atomic mass is 16.6. The van der Waals surface area contributed by atoms with E-state index in [-0.39, 0.29) is 12.5 Å². The number of carbonyl (C=O) groups excluding carboxylic acids is 1. The van der Waals surface area contributed by atoms with Gasteiger partial charge < -0.3 is 19.2 Å². The Morgan fingerprint density at radius 3 is 2.28 bits per heavy atom. The van der Waals surface area contributed by atoms with Gasteiger partial charge in [-0.25, -0.2) is 0 Å². The maximum Gasteiger partial charge on any atom is 0.263 e. The van der Waals surface area contributed by atoms with E-state index >= 15 is 0 Å². The number of oxime groups is 1. The van der Waals surface area contributed by atoms with Crippen LogP contribution < -0.4 is 9.47 Å². The largest absolute Gasteiger partial charge is 0.493 e. The molecule has 0 aliphatic heterocycles. The third-order valence-electron chi connectivity index (χ3n) is 3.41. The van der Waals surface area contributed by atoms with E-state index in [0.717, 1.165) is 5.56 Å². The summed E-state index contributed by atoms with van der Waals surface area (Å²) in [4.78, 5) is 19.4. The zero-order valence-electron chi connectivity index (χ0n) is 16.1. The third kappa shape index (κ3) is 7.03. The summed E-state index contributed by atoms with van der Waals surface area (Å²) in [6.07, 6.45) is 1.52. The summed E-state index contributed by atoms with van der Waals surface area (Å²) in [5.41, 5.74) is 0.718. The molecule has 1 rings (SSSR count). The number of para-hydroxylation sites is 1. The molecule has 0 aliphatic rings. The minimum atomic E-state index is -0.0811. The maximum atomic E-state index is 12.3. The number of hydrogen-bond acceptors (Lipinski definition) is 5. The molecule has 0 spiro atoms. The normalized spacial score (nSPS) is 11.2. The minimum Gasteiger partial charge on any atom is -0.493 e. The van der Waals surface area contributed by atoms with Crippen molar-refractivity contribution in [1.82, 2.24) is 4.90 Å². The molecule has 0 atom stereocenters. The first-order valence-electron chi connectivity index (χ1n) is 8.53. The molecule has 1 aromatic rings. The van der Waals surface area contributed by atoms with Crippen LogP contribution in [0.3, 0.4) is 0 Å². The smallest absolute Gasteiger partial charge is 0.263 e. The molecule has 25 heavy (non-hydrogen) atoms. The topological polar surface area (TPSA) is 60.4 Å². The van der Waals surface area contributed by atoms with Gasteiger partial charge in [0.25, 0.3) is 5.91 Å². The molecule has 0 radical (unpaired) electrons. The van der Waals surface area contributed by atoms with E-state index in [1.165, 1.54) is 6.21 Å². The first-order valence-corrected chi connectivity index (χ1v) is 8.53. The van der Waals surface area contributed by atoms with Gasteiger partial charge in [-0.05, 0) is 24.0 Å². The molecule has 140 valence electrons. The van der Waals surface area contributed by atoms with Crippen LogP contribution in [0.5, 0.6) is 11.5 Å². The quantitative estimate of drug-likeness (QED) is 0.480. The second-order valence-electron chi connectivity index (χ2n) is 6.68. The third-order valence-corrected chi connectivity index (χ3v) is 3.41. The molecule has 0 fully saturated rings. The zero-order valence-corrected chi connectivity index (χ0v) is 16.1. The lowest BCUT2D eigenvalue weighted by Crippen LogP contribution is -2.39. The molecule has 0 N–H and O–H groups in total. The van der Waals surface area contributed by atoms with Crippen LogP contribution in [-0.4, -0.2) is 50.9 Å². The van der Waals surface area contributed by atoms with Crippen molar-refractivity contribution in [3.8, 4) is 11.5 Å². The summed E-state index contributed by atoms with van der Waals surface area (Å²) in [6.45, 7) is 9.72. The van der Waals surface area contributed by atoms with E-state index in [1.807, 2.05) is 17.0 Å². The Morgan fingerprint density at radius 1 is 1.12 bits per heavy atom. The Bertz CT molecular complexity index is 561. The fourth-order valence-electron chi connectivity index (χ4n) is 2.45. The van der Waals surface area contributed by atoms with E-state index in [0.29, 0.717) is 36.4 Å². The standard InChI is InChI=1S/C19H30N2O4/c1-14(2)11-21(12-15(3)4)18(22)13-25-20-10-16-8-7-9-17(23-5)19(16)24-6/h7-10,14-15H,11-13H2,1-6H3/b20-10+. The van der Waals surface area contributed by atoms with Gasteiger partial charge in [0.05, 0.1) is 20.4 Å². The lowest BCUT2D eigenvalue weighted by Gasteiger charge is -2.25. The first-order chi connectivity index (χ1) is 11.9. The van der Waals surface area contributed by atoms with Crippen molar-refractivity contribution in [3.63, 3.8) is 0 Å². The van der Waals surface area contributed by atoms with Crippen LogP contribution in [0, 0.1) is 11.8 Å². The lowest BCUT2D eigenvalue weighted by atomic mass is 10.1. The highest BCUT2D eigenvalue weighted by molar-refractivity contribution is 5.85. The van der Waals surface area contributed by atoms with Crippen LogP contribution in [0.15, 0.2) is 23.4 Å². The highest BCUT2D eigenvalue weighted by Crippen LogP contribution is 2.29. The van der Waals surface area contributed by atoms with Crippen LogP contribution in [-0.2, 0) is 9.63 Å². The Labute approximate surface area is 150 Å². The summed E-state index contributed by atoms with van der Waals surface area (Å²) in [5.74, 6) is 1.95. The predicted molar refractivity (Wildman–Crippen MR) is 99.3 cm³/mol. The maximum absolute atomic E-state index is 12.3. The van der Waals surface area contributed by atoms with Crippen LogP contribution in [0.4, 0.5) is 0 Å². The zero-order chi connectivity index (χ0) is 18.8. The molecule has 0 unspecified atom stereocenters. The molecule has 0 aliphatic carbocycles. The number of nitrogens with zero attached hydrogens (tertiary/aromatic N) is 2. The van der Waals surface area contributed by atoms with E-state index < -0.39 is 0 Å². The number of amides is 1. The molecule has 0 bridgehead atoms. The van der Waals surface area contributed by atoms with E-state index in [4.69, 9.17) is 14.3 Å². The second-order valence-corrected chi connectivity index (χ2v) is 6.68. The van der Waals surface area contributed by atoms with Crippen molar-refractivity contribution in [3.05, 3.63) is 23.8 Å². The van der Waals surface area contributed by atoms with Crippen LogP contribution in [0.1, 0.15) is 33.3 Å². The molecule has 0 saturated heterocycles. The van der Waals surface area contributed by atoms with E-state index in [1.54, 1.807) is 20.3 Å². The molecule has 0 heterocycles. The van der Waals surface area contributed by atoms with Crippen LogP contribution >= 0.6 is 0 Å². The summed E-state index contributed by atoms with van der Waals surface area (Å²) in [7, 11) is 3.14. The van der Waals surface area contributed by atoms with Gasteiger partial charge in [0, 0.05) is 18.7 Å². The van der Waals surface area contributed by atoms with E-state index in [2.05, 4.69) is 32.9 Å². The summed E-state index contributed by atoms with van der Waals surface area (Å²) in [5, 5.41) is 3.90.